The molecule has 0 aliphatic heterocycles. The Balaban J connectivity index is 2.02. The second-order valence-corrected chi connectivity index (χ2v) is 4.52. The van der Waals surface area contributed by atoms with E-state index in [1.165, 1.54) is 5.56 Å². The highest BCUT2D eigenvalue weighted by atomic mass is 79.9. The number of ether oxygens (including phenoxy) is 1. The van der Waals surface area contributed by atoms with Gasteiger partial charge in [-0.05, 0) is 40.5 Å². The van der Waals surface area contributed by atoms with Crippen molar-refractivity contribution < 1.29 is 9.15 Å². The van der Waals surface area contributed by atoms with Crippen LogP contribution in [0.15, 0.2) is 27.1 Å². The fourth-order valence-corrected chi connectivity index (χ4v) is 1.96. The summed E-state index contributed by atoms with van der Waals surface area (Å²) in [6.45, 7) is 4.28. The predicted octanol–water partition coefficient (Wildman–Crippen LogP) is 3.28. The Bertz CT molecular complexity index is 511. The van der Waals surface area contributed by atoms with Gasteiger partial charge in [-0.2, -0.15) is 0 Å². The fourth-order valence-electron chi connectivity index (χ4n) is 1.35. The first-order valence-corrected chi connectivity index (χ1v) is 6.18. The first kappa shape index (κ1) is 12.1. The van der Waals surface area contributed by atoms with Crippen LogP contribution in [-0.4, -0.2) is 10.2 Å². The zero-order valence-corrected chi connectivity index (χ0v) is 11.3. The standard InChI is InChI=1S/C12H13BrN2O2/c1-3-11-14-15-12(17-11)7-16-10-5-4-8(2)6-9(10)13/h4-6H,3,7H2,1-2H3. The van der Waals surface area contributed by atoms with Gasteiger partial charge in [0.25, 0.3) is 5.89 Å². The van der Waals surface area contributed by atoms with Gasteiger partial charge in [-0.15, -0.1) is 10.2 Å². The molecule has 2 aromatic rings. The van der Waals surface area contributed by atoms with E-state index in [0.717, 1.165) is 16.6 Å². The second-order valence-electron chi connectivity index (χ2n) is 3.67. The Labute approximate surface area is 108 Å². The summed E-state index contributed by atoms with van der Waals surface area (Å²) in [6.07, 6.45) is 0.737. The molecule has 17 heavy (non-hydrogen) atoms. The number of rotatable bonds is 4. The molecule has 0 N–H and O–H groups in total. The van der Waals surface area contributed by atoms with E-state index in [1.54, 1.807) is 0 Å². The van der Waals surface area contributed by atoms with Crippen LogP contribution in [0, 0.1) is 6.92 Å². The number of hydrogen-bond donors (Lipinski definition) is 0. The van der Waals surface area contributed by atoms with E-state index in [-0.39, 0.29) is 6.61 Å². The van der Waals surface area contributed by atoms with Crippen molar-refractivity contribution >= 4 is 15.9 Å². The molecule has 4 nitrogen and oxygen atoms in total. The quantitative estimate of drug-likeness (QED) is 0.869. The Morgan fingerprint density at radius 2 is 2.06 bits per heavy atom. The van der Waals surface area contributed by atoms with Gasteiger partial charge in [0.2, 0.25) is 5.89 Å². The number of halogens is 1. The van der Waals surface area contributed by atoms with Crippen molar-refractivity contribution in [2.24, 2.45) is 0 Å². The summed E-state index contributed by atoms with van der Waals surface area (Å²) in [7, 11) is 0. The molecule has 0 unspecified atom stereocenters. The second kappa shape index (κ2) is 5.31. The molecule has 1 aromatic heterocycles. The van der Waals surface area contributed by atoms with Crippen LogP contribution in [0.4, 0.5) is 0 Å². The zero-order valence-electron chi connectivity index (χ0n) is 9.74. The van der Waals surface area contributed by atoms with Crippen LogP contribution >= 0.6 is 15.9 Å². The van der Waals surface area contributed by atoms with Crippen LogP contribution in [0.5, 0.6) is 5.75 Å². The normalized spacial score (nSPS) is 10.5. The summed E-state index contributed by atoms with van der Waals surface area (Å²) in [5, 5.41) is 7.77. The Hall–Kier alpha value is -1.36. The minimum absolute atomic E-state index is 0.286. The van der Waals surface area contributed by atoms with Gasteiger partial charge in [-0.25, -0.2) is 0 Å². The van der Waals surface area contributed by atoms with Gasteiger partial charge >= 0.3 is 0 Å². The molecule has 1 aromatic carbocycles. The van der Waals surface area contributed by atoms with E-state index >= 15 is 0 Å². The van der Waals surface area contributed by atoms with E-state index in [9.17, 15) is 0 Å². The van der Waals surface area contributed by atoms with Gasteiger partial charge in [0.15, 0.2) is 6.61 Å². The van der Waals surface area contributed by atoms with Gasteiger partial charge in [0.1, 0.15) is 5.75 Å². The van der Waals surface area contributed by atoms with Crippen LogP contribution in [0.25, 0.3) is 0 Å². The highest BCUT2D eigenvalue weighted by Gasteiger charge is 2.06. The van der Waals surface area contributed by atoms with E-state index in [1.807, 2.05) is 32.0 Å². The number of aromatic nitrogens is 2. The van der Waals surface area contributed by atoms with Gasteiger partial charge in [-0.3, -0.25) is 0 Å². The Morgan fingerprint density at radius 3 is 2.71 bits per heavy atom. The summed E-state index contributed by atoms with van der Waals surface area (Å²) >= 11 is 3.45. The molecule has 0 atom stereocenters. The van der Waals surface area contributed by atoms with Crippen molar-refractivity contribution in [1.82, 2.24) is 10.2 Å². The zero-order chi connectivity index (χ0) is 12.3. The molecule has 0 fully saturated rings. The van der Waals surface area contributed by atoms with Gasteiger partial charge in [-0.1, -0.05) is 13.0 Å². The lowest BCUT2D eigenvalue weighted by Crippen LogP contribution is -1.96. The molecule has 0 bridgehead atoms. The molecular weight excluding hydrogens is 284 g/mol. The minimum Gasteiger partial charge on any atom is -0.483 e. The molecule has 0 saturated heterocycles. The number of nitrogens with zero attached hydrogens (tertiary/aromatic N) is 2. The topological polar surface area (TPSA) is 48.2 Å². The van der Waals surface area contributed by atoms with Crippen LogP contribution in [-0.2, 0) is 13.0 Å². The van der Waals surface area contributed by atoms with Crippen LogP contribution < -0.4 is 4.74 Å². The maximum Gasteiger partial charge on any atom is 0.253 e. The van der Waals surface area contributed by atoms with E-state index in [2.05, 4.69) is 26.1 Å². The SMILES string of the molecule is CCc1nnc(COc2ccc(C)cc2Br)o1. The molecule has 0 radical (unpaired) electrons. The van der Waals surface area contributed by atoms with Crippen molar-refractivity contribution in [3.63, 3.8) is 0 Å². The third-order valence-corrected chi connectivity index (χ3v) is 2.87. The third kappa shape index (κ3) is 3.06. The smallest absolute Gasteiger partial charge is 0.253 e. The first-order chi connectivity index (χ1) is 8.19. The van der Waals surface area contributed by atoms with Crippen molar-refractivity contribution in [1.29, 1.82) is 0 Å². The summed E-state index contributed by atoms with van der Waals surface area (Å²) < 4.78 is 11.9. The summed E-state index contributed by atoms with van der Waals surface area (Å²) in [4.78, 5) is 0. The molecule has 2 rings (SSSR count). The van der Waals surface area contributed by atoms with Crippen molar-refractivity contribution in [3.05, 3.63) is 40.0 Å². The van der Waals surface area contributed by atoms with E-state index in [0.29, 0.717) is 11.8 Å². The lowest BCUT2D eigenvalue weighted by molar-refractivity contribution is 0.258. The third-order valence-electron chi connectivity index (χ3n) is 2.25. The van der Waals surface area contributed by atoms with Crippen LogP contribution in [0.2, 0.25) is 0 Å². The number of hydrogen-bond acceptors (Lipinski definition) is 4. The average molecular weight is 297 g/mol. The molecule has 0 aliphatic rings. The molecule has 5 heteroatoms. The molecule has 0 aliphatic carbocycles. The maximum atomic E-state index is 5.59. The molecule has 1 heterocycles. The molecule has 90 valence electrons. The van der Waals surface area contributed by atoms with Crippen LogP contribution in [0.1, 0.15) is 24.3 Å². The number of aryl methyl sites for hydroxylation is 2. The largest absolute Gasteiger partial charge is 0.483 e. The van der Waals surface area contributed by atoms with Crippen molar-refractivity contribution in [2.75, 3.05) is 0 Å². The van der Waals surface area contributed by atoms with Crippen LogP contribution in [0.3, 0.4) is 0 Å². The minimum atomic E-state index is 0.286. The highest BCUT2D eigenvalue weighted by molar-refractivity contribution is 9.10. The fraction of sp³-hybridized carbons (Fsp3) is 0.333. The molecular formula is C12H13BrN2O2. The number of benzene rings is 1. The Morgan fingerprint density at radius 1 is 1.29 bits per heavy atom. The van der Waals surface area contributed by atoms with E-state index in [4.69, 9.17) is 9.15 Å². The van der Waals surface area contributed by atoms with Gasteiger partial charge in [0.05, 0.1) is 4.47 Å². The van der Waals surface area contributed by atoms with Crippen molar-refractivity contribution in [3.8, 4) is 5.75 Å². The van der Waals surface area contributed by atoms with Crippen molar-refractivity contribution in [2.45, 2.75) is 26.9 Å². The predicted molar refractivity (Wildman–Crippen MR) is 66.9 cm³/mol. The molecule has 0 spiro atoms. The van der Waals surface area contributed by atoms with Gasteiger partial charge in [0, 0.05) is 6.42 Å². The van der Waals surface area contributed by atoms with Gasteiger partial charge < -0.3 is 9.15 Å². The lowest BCUT2D eigenvalue weighted by Gasteiger charge is -2.06. The summed E-state index contributed by atoms with van der Waals surface area (Å²) in [5.74, 6) is 1.90. The maximum absolute atomic E-state index is 5.59. The lowest BCUT2D eigenvalue weighted by atomic mass is 10.2. The molecule has 0 saturated carbocycles. The Kier molecular flexibility index (Phi) is 3.78. The average Bonchev–Trinajstić information content (AvgIpc) is 2.76. The van der Waals surface area contributed by atoms with E-state index < -0.39 is 0 Å². The molecule has 0 amide bonds. The monoisotopic (exact) mass is 296 g/mol. The highest BCUT2D eigenvalue weighted by Crippen LogP contribution is 2.26. The first-order valence-electron chi connectivity index (χ1n) is 5.39. The summed E-state index contributed by atoms with van der Waals surface area (Å²) in [5.41, 5.74) is 1.18. The summed E-state index contributed by atoms with van der Waals surface area (Å²) in [6, 6.07) is 5.91.